The van der Waals surface area contributed by atoms with Crippen LogP contribution in [0.4, 0.5) is 0 Å². The van der Waals surface area contributed by atoms with Crippen LogP contribution in [0.1, 0.15) is 23.4 Å². The van der Waals surface area contributed by atoms with Gasteiger partial charge in [-0.15, -0.1) is 5.53 Å². The van der Waals surface area contributed by atoms with Crippen molar-refractivity contribution < 1.29 is 14.1 Å². The first-order valence-electron chi connectivity index (χ1n) is 9.19. The van der Waals surface area contributed by atoms with Gasteiger partial charge in [-0.25, -0.2) is 0 Å². The molecule has 1 saturated carbocycles. The third-order valence-corrected chi connectivity index (χ3v) is 5.36. The number of carbonyl (C=O) groups excluding carboxylic acids is 1. The molecule has 1 amide bonds. The Bertz CT molecular complexity index is 855. The summed E-state index contributed by atoms with van der Waals surface area (Å²) >= 11 is 0. The smallest absolute Gasteiger partial charge is 0.290 e. The van der Waals surface area contributed by atoms with Crippen molar-refractivity contribution in [1.82, 2.24) is 26.4 Å². The van der Waals surface area contributed by atoms with Crippen LogP contribution >= 0.6 is 0 Å². The lowest BCUT2D eigenvalue weighted by molar-refractivity contribution is -0.0378. The van der Waals surface area contributed by atoms with E-state index in [1.54, 1.807) is 6.07 Å². The van der Waals surface area contributed by atoms with E-state index in [0.29, 0.717) is 17.7 Å². The van der Waals surface area contributed by atoms with Crippen molar-refractivity contribution in [2.75, 3.05) is 13.2 Å². The Morgan fingerprint density at radius 1 is 1.22 bits per heavy atom. The molecule has 0 bridgehead atoms. The number of aromatic nitrogens is 1. The third-order valence-electron chi connectivity index (χ3n) is 5.36. The molecule has 27 heavy (non-hydrogen) atoms. The van der Waals surface area contributed by atoms with E-state index in [1.165, 1.54) is 5.70 Å². The summed E-state index contributed by atoms with van der Waals surface area (Å²) in [4.78, 5) is 12.4. The van der Waals surface area contributed by atoms with E-state index in [9.17, 15) is 4.79 Å². The van der Waals surface area contributed by atoms with Crippen LogP contribution in [-0.4, -0.2) is 41.4 Å². The minimum absolute atomic E-state index is 0.133. The number of nitrogens with one attached hydrogen (secondary N) is 3. The zero-order valence-electron chi connectivity index (χ0n) is 14.7. The monoisotopic (exact) mass is 367 g/mol. The number of amides is 1. The molecule has 8 heteroatoms. The van der Waals surface area contributed by atoms with Gasteiger partial charge in [-0.05, 0) is 12.8 Å². The molecule has 5 rings (SSSR count). The Morgan fingerprint density at radius 3 is 2.78 bits per heavy atom. The van der Waals surface area contributed by atoms with Crippen LogP contribution in [0.2, 0.25) is 0 Å². The predicted octanol–water partition coefficient (Wildman–Crippen LogP) is 1.41. The minimum Gasteiger partial charge on any atom is -0.380 e. The van der Waals surface area contributed by atoms with Gasteiger partial charge in [-0.3, -0.25) is 9.80 Å². The standard InChI is InChI=1S/C19H21N5O3/c25-19(18-8-16(22-27-18)12-4-2-1-3-5-12)21-14-6-15(7-14)24-17(9-20-23-24)13-10-26-11-13/h1-5,8-9,13-15,20,23H,6-7,10-11H2,(H,21,25). The molecule has 2 fully saturated rings. The van der Waals surface area contributed by atoms with Gasteiger partial charge in [-0.1, -0.05) is 35.5 Å². The first-order valence-corrected chi connectivity index (χ1v) is 9.19. The van der Waals surface area contributed by atoms with E-state index in [-0.39, 0.29) is 17.7 Å². The van der Waals surface area contributed by atoms with Gasteiger partial charge in [0, 0.05) is 29.8 Å². The molecule has 1 aliphatic carbocycles. The highest BCUT2D eigenvalue weighted by Crippen LogP contribution is 2.33. The fourth-order valence-electron chi connectivity index (χ4n) is 3.63. The molecule has 3 N–H and O–H groups in total. The first kappa shape index (κ1) is 16.3. The maximum atomic E-state index is 12.4. The van der Waals surface area contributed by atoms with Gasteiger partial charge in [-0.2, -0.15) is 0 Å². The van der Waals surface area contributed by atoms with Crippen molar-refractivity contribution in [2.24, 2.45) is 5.92 Å². The van der Waals surface area contributed by atoms with E-state index in [0.717, 1.165) is 31.6 Å². The second-order valence-electron chi connectivity index (χ2n) is 7.17. The summed E-state index contributed by atoms with van der Waals surface area (Å²) in [5.41, 5.74) is 9.07. The summed E-state index contributed by atoms with van der Waals surface area (Å²) in [5.74, 6) is 0.473. The van der Waals surface area contributed by atoms with Crippen LogP contribution in [0.25, 0.3) is 11.3 Å². The molecule has 1 saturated heterocycles. The summed E-state index contributed by atoms with van der Waals surface area (Å²) in [7, 11) is 0. The Kier molecular flexibility index (Phi) is 4.06. The van der Waals surface area contributed by atoms with Gasteiger partial charge in [0.25, 0.3) is 5.91 Å². The van der Waals surface area contributed by atoms with Gasteiger partial charge < -0.3 is 20.0 Å². The van der Waals surface area contributed by atoms with Gasteiger partial charge in [0.1, 0.15) is 5.69 Å². The summed E-state index contributed by atoms with van der Waals surface area (Å²) in [5, 5.41) is 9.20. The van der Waals surface area contributed by atoms with Crippen molar-refractivity contribution in [3.8, 4) is 11.3 Å². The molecule has 0 unspecified atom stereocenters. The average Bonchev–Trinajstić information content (AvgIpc) is 3.27. The maximum Gasteiger partial charge on any atom is 0.290 e. The second-order valence-corrected chi connectivity index (χ2v) is 7.17. The SMILES string of the molecule is O=C(NC1CC(N2NNC=C2C2COC2)C1)c1cc(-c2ccccc2)no1. The lowest BCUT2D eigenvalue weighted by atomic mass is 9.85. The fourth-order valence-corrected chi connectivity index (χ4v) is 3.63. The van der Waals surface area contributed by atoms with Gasteiger partial charge >= 0.3 is 0 Å². The second kappa shape index (κ2) is 6.71. The zero-order chi connectivity index (χ0) is 18.2. The van der Waals surface area contributed by atoms with Crippen molar-refractivity contribution >= 4 is 5.91 Å². The predicted molar refractivity (Wildman–Crippen MR) is 96.7 cm³/mol. The van der Waals surface area contributed by atoms with E-state index in [1.807, 2.05) is 36.5 Å². The number of benzene rings is 1. The van der Waals surface area contributed by atoms with E-state index in [4.69, 9.17) is 9.26 Å². The molecule has 3 heterocycles. The number of hydrazine groups is 2. The molecule has 3 aliphatic rings. The van der Waals surface area contributed by atoms with E-state index in [2.05, 4.69) is 26.4 Å². The maximum absolute atomic E-state index is 12.4. The molecular formula is C19H21N5O3. The molecule has 0 radical (unpaired) electrons. The molecule has 2 aromatic rings. The highest BCUT2D eigenvalue weighted by molar-refractivity contribution is 5.92. The Morgan fingerprint density at radius 2 is 2.04 bits per heavy atom. The number of carbonyl (C=O) groups is 1. The van der Waals surface area contributed by atoms with E-state index < -0.39 is 0 Å². The van der Waals surface area contributed by atoms with Crippen molar-refractivity contribution in [2.45, 2.75) is 24.9 Å². The molecular weight excluding hydrogens is 346 g/mol. The van der Waals surface area contributed by atoms with Crippen LogP contribution in [0.3, 0.4) is 0 Å². The summed E-state index contributed by atoms with van der Waals surface area (Å²) in [6, 6.07) is 11.8. The molecule has 1 aromatic heterocycles. The number of hydrogen-bond acceptors (Lipinski definition) is 7. The lowest BCUT2D eigenvalue weighted by Crippen LogP contribution is -2.58. The Hall–Kier alpha value is -2.84. The van der Waals surface area contributed by atoms with Gasteiger partial charge in [0.15, 0.2) is 0 Å². The summed E-state index contributed by atoms with van der Waals surface area (Å²) in [6.07, 6.45) is 3.76. The molecule has 140 valence electrons. The number of nitrogens with zero attached hydrogens (tertiary/aromatic N) is 2. The quantitative estimate of drug-likeness (QED) is 0.736. The topological polar surface area (TPSA) is 91.7 Å². The normalized spacial score (nSPS) is 24.6. The number of ether oxygens (including phenoxy) is 1. The van der Waals surface area contributed by atoms with Crippen LogP contribution < -0.4 is 16.3 Å². The summed E-state index contributed by atoms with van der Waals surface area (Å²) < 4.78 is 10.5. The minimum atomic E-state index is -0.219. The lowest BCUT2D eigenvalue weighted by Gasteiger charge is -2.44. The van der Waals surface area contributed by atoms with Crippen molar-refractivity contribution in [3.05, 3.63) is 54.1 Å². The van der Waals surface area contributed by atoms with Crippen molar-refractivity contribution in [1.29, 1.82) is 0 Å². The van der Waals surface area contributed by atoms with Crippen molar-refractivity contribution in [3.63, 3.8) is 0 Å². The van der Waals surface area contributed by atoms with Crippen LogP contribution in [-0.2, 0) is 4.74 Å². The van der Waals surface area contributed by atoms with Crippen LogP contribution in [0.15, 0.2) is 52.8 Å². The van der Waals surface area contributed by atoms with Crippen LogP contribution in [0, 0.1) is 5.92 Å². The number of hydrogen-bond donors (Lipinski definition) is 3. The zero-order valence-corrected chi connectivity index (χ0v) is 14.7. The highest BCUT2D eigenvalue weighted by Gasteiger charge is 2.40. The molecule has 0 atom stereocenters. The molecule has 8 nitrogen and oxygen atoms in total. The third kappa shape index (κ3) is 3.07. The number of rotatable bonds is 5. The van der Waals surface area contributed by atoms with Gasteiger partial charge in [0.05, 0.1) is 25.0 Å². The Balaban J connectivity index is 1.15. The molecule has 2 aliphatic heterocycles. The highest BCUT2D eigenvalue weighted by atomic mass is 16.5. The van der Waals surface area contributed by atoms with Gasteiger partial charge in [0.2, 0.25) is 5.76 Å². The summed E-state index contributed by atoms with van der Waals surface area (Å²) in [6.45, 7) is 1.54. The molecule has 0 spiro atoms. The largest absolute Gasteiger partial charge is 0.380 e. The first-order chi connectivity index (χ1) is 13.3. The van der Waals surface area contributed by atoms with E-state index >= 15 is 0 Å². The average molecular weight is 367 g/mol. The van der Waals surface area contributed by atoms with Crippen LogP contribution in [0.5, 0.6) is 0 Å². The Labute approximate surface area is 156 Å². The molecule has 1 aromatic carbocycles. The fraction of sp³-hybridized carbons (Fsp3) is 0.368.